The predicted molar refractivity (Wildman–Crippen MR) is 450 cm³/mol. The number of aromatic nitrogens is 9. The number of hydrogen-bond donors (Lipinski definition) is 2. The standard InChI is InChI=1S/C31H27ClN10O.C27H29ClN8O3.C24H25ClN8O2S/c1-34-22-6-8-23(9-7-22)37-31(43)42-14-12-41(13-15-42)30-24-10-5-21(32)17-25(24)26(16-20-4-3-11-36-28(20)30)29(38-39-33)27-18-35-19-40(27)2;1-27(2,38)39-26(37)36-11-9-35(10-12-36)25-19-7-6-18(28)14-20(19)21(13-17-5-4-8-31-23(17)25)24(32-33-29)22-15-30-16-34(22)3;1-31-15-27-14-21(31)23(29-30-26)20-12-16-4-3-7-28-22(16)24(18-6-5-17(25)13-19(18)20)32-8-10-33(11-9-32)36(2,34)35/h3-11,16-19,29-30H,12-15H2,2H3,(H,37,43);4-8,13-16,24-25,38H,9-12H2,1-3H3;3-7,12-15,23-24H,8-11H2,1-2H3/t29?,30-;24?,25-;23?,24-/m000/s1. The maximum absolute atomic E-state index is 13.1. The molecule has 10 aromatic rings. The first kappa shape index (κ1) is 82.3. The molecule has 4 aromatic carbocycles. The first-order valence-electron chi connectivity index (χ1n) is 37.7. The third-order valence-electron chi connectivity index (χ3n) is 21.6. The summed E-state index contributed by atoms with van der Waals surface area (Å²) in [5, 5.41) is 27.1. The number of pyridine rings is 3. The Bertz CT molecular complexity index is 5870. The Morgan fingerprint density at radius 1 is 0.534 bits per heavy atom. The number of amides is 3. The number of azide groups is 3. The first-order valence-corrected chi connectivity index (χ1v) is 40.7. The summed E-state index contributed by atoms with van der Waals surface area (Å²) in [6.07, 6.45) is 22.2. The molecular weight excluding hydrogens is 1580 g/mol. The van der Waals surface area contributed by atoms with E-state index in [9.17, 15) is 39.7 Å². The number of ether oxygens (including phenoxy) is 1. The third kappa shape index (κ3) is 17.8. The zero-order chi connectivity index (χ0) is 83.1. The number of halogens is 3. The second-order valence-electron chi connectivity index (χ2n) is 29.4. The molecule has 602 valence electrons. The Morgan fingerprint density at radius 2 is 0.881 bits per heavy atom. The Kier molecular flexibility index (Phi) is 24.9. The van der Waals surface area contributed by atoms with Gasteiger partial charge in [-0.2, -0.15) is 4.31 Å². The molecule has 32 nitrogen and oxygen atoms in total. The summed E-state index contributed by atoms with van der Waals surface area (Å²) in [6.45, 7) is 16.1. The molecule has 36 heteroatoms. The van der Waals surface area contributed by atoms with E-state index in [2.05, 4.69) is 69.9 Å². The van der Waals surface area contributed by atoms with Gasteiger partial charge < -0.3 is 38.7 Å². The number of aryl methyl sites for hydroxylation is 3. The van der Waals surface area contributed by atoms with E-state index < -0.39 is 40.0 Å². The Labute approximate surface area is 695 Å². The van der Waals surface area contributed by atoms with Gasteiger partial charge in [0.1, 0.15) is 18.1 Å². The zero-order valence-corrected chi connectivity index (χ0v) is 68.1. The second kappa shape index (κ2) is 35.7. The molecule has 6 atom stereocenters. The molecule has 2 N–H and O–H groups in total. The number of rotatable bonds is 15. The topological polar surface area (TPSA) is 372 Å². The average Bonchev–Trinajstić information content (AvgIpc) is 1.59. The molecule has 6 aliphatic rings. The van der Waals surface area contributed by atoms with Crippen LogP contribution in [0.1, 0.15) is 134 Å². The molecule has 3 unspecified atom stereocenters. The van der Waals surface area contributed by atoms with Crippen LogP contribution in [0, 0.1) is 6.57 Å². The Morgan fingerprint density at radius 3 is 1.19 bits per heavy atom. The Hall–Kier alpha value is -12.2. The second-order valence-corrected chi connectivity index (χ2v) is 32.7. The smallest absolute Gasteiger partial charge is 0.412 e. The number of benzene rings is 4. The summed E-state index contributed by atoms with van der Waals surface area (Å²) in [6, 6.07) is 32.9. The van der Waals surface area contributed by atoms with Crippen LogP contribution >= 0.6 is 34.8 Å². The van der Waals surface area contributed by atoms with Gasteiger partial charge in [0.05, 0.1) is 84.1 Å². The number of carbonyl (C=O) groups excluding carboxylic acids is 2. The number of carbonyl (C=O) groups is 2. The number of aliphatic hydroxyl groups is 1. The summed E-state index contributed by atoms with van der Waals surface area (Å²) in [5.41, 5.74) is 45.2. The van der Waals surface area contributed by atoms with Crippen molar-refractivity contribution < 1.29 is 27.9 Å². The Balaban J connectivity index is 0.000000146. The van der Waals surface area contributed by atoms with Gasteiger partial charge in [0.15, 0.2) is 5.69 Å². The summed E-state index contributed by atoms with van der Waals surface area (Å²) in [4.78, 5) is 75.9. The molecule has 3 amide bonds. The van der Waals surface area contributed by atoms with E-state index in [1.54, 1.807) is 90.2 Å². The van der Waals surface area contributed by atoms with E-state index >= 15 is 0 Å². The number of sulfonamides is 1. The fraction of sp³-hybridized carbons (Fsp3) is 0.305. The number of fused-ring (bicyclic) bond motifs is 6. The van der Waals surface area contributed by atoms with Crippen molar-refractivity contribution in [1.82, 2.24) is 72.4 Å². The lowest BCUT2D eigenvalue weighted by Gasteiger charge is -2.40. The first-order chi connectivity index (χ1) is 56.9. The molecule has 0 bridgehead atoms. The van der Waals surface area contributed by atoms with Crippen molar-refractivity contribution in [2.24, 2.45) is 36.5 Å². The normalized spacial score (nSPS) is 18.1. The van der Waals surface area contributed by atoms with E-state index in [1.807, 2.05) is 144 Å². The number of anilines is 1. The van der Waals surface area contributed by atoms with Gasteiger partial charge in [0, 0.05) is 186 Å². The molecule has 0 saturated carbocycles. The van der Waals surface area contributed by atoms with Gasteiger partial charge >= 0.3 is 12.1 Å². The van der Waals surface area contributed by atoms with Crippen molar-refractivity contribution in [1.29, 1.82) is 0 Å². The molecule has 3 aliphatic heterocycles. The molecule has 6 aromatic heterocycles. The number of nitrogens with zero attached hydrogens (tertiary/aromatic N) is 25. The minimum atomic E-state index is -3.26. The van der Waals surface area contributed by atoms with E-state index in [4.69, 9.17) is 61.1 Å². The van der Waals surface area contributed by atoms with Crippen molar-refractivity contribution in [2.75, 3.05) is 90.1 Å². The van der Waals surface area contributed by atoms with Crippen LogP contribution in [0.3, 0.4) is 0 Å². The summed E-state index contributed by atoms with van der Waals surface area (Å²) in [7, 11) is 2.33. The van der Waals surface area contributed by atoms with E-state index in [0.717, 1.165) is 101 Å². The highest BCUT2D eigenvalue weighted by molar-refractivity contribution is 7.88. The predicted octanol–water partition coefficient (Wildman–Crippen LogP) is 15.9. The van der Waals surface area contributed by atoms with E-state index in [0.29, 0.717) is 105 Å². The van der Waals surface area contributed by atoms with Crippen LogP contribution in [0.5, 0.6) is 0 Å². The molecule has 16 rings (SSSR count). The number of piperazine rings is 3. The van der Waals surface area contributed by atoms with E-state index in [-0.39, 0.29) is 24.2 Å². The largest absolute Gasteiger partial charge is 0.418 e. The number of hydrogen-bond acceptors (Lipinski definition) is 18. The highest BCUT2D eigenvalue weighted by atomic mass is 35.5. The summed E-state index contributed by atoms with van der Waals surface area (Å²) in [5.74, 6) is -1.55. The van der Waals surface area contributed by atoms with Crippen LogP contribution in [0.15, 0.2) is 187 Å². The summed E-state index contributed by atoms with van der Waals surface area (Å²) < 4.78 is 36.4. The highest BCUT2D eigenvalue weighted by Crippen LogP contribution is 2.50. The monoisotopic (exact) mass is 1660 g/mol. The van der Waals surface area contributed by atoms with Crippen LogP contribution in [-0.4, -0.2) is 189 Å². The van der Waals surface area contributed by atoms with Crippen molar-refractivity contribution in [2.45, 2.75) is 55.9 Å². The lowest BCUT2D eigenvalue weighted by atomic mass is 9.90. The van der Waals surface area contributed by atoms with Crippen molar-refractivity contribution in [3.05, 3.63) is 313 Å². The van der Waals surface area contributed by atoms with Crippen LogP contribution < -0.4 is 5.32 Å². The molecule has 0 spiro atoms. The quantitative estimate of drug-likeness (QED) is 0.0317. The number of urea groups is 1. The number of imidazole rings is 3. The zero-order valence-electron chi connectivity index (χ0n) is 65.1. The molecule has 3 saturated heterocycles. The lowest BCUT2D eigenvalue weighted by Crippen LogP contribution is -2.51. The van der Waals surface area contributed by atoms with Crippen molar-refractivity contribution in [3.8, 4) is 0 Å². The maximum atomic E-state index is 13.1. The SMILES string of the molecule is Cn1cncc1C(N=[N+]=[N-])C1=Cc2cccnc2[C@@H](N2CCN(C(=O)OC(C)(C)O)CC2)c2ccc(Cl)cc21.Cn1cncc1C(N=[N+]=[N-])C1=Cc2cccnc2[C@@H](N2CCN(S(C)(=O)=O)CC2)c2ccc(Cl)cc21.[C-]#[N+]c1ccc(NC(=O)N2CCN([C@H]3c4ccc(Cl)cc4C(C(N=[N+]=[N-])c4cncn4C)=Cc4cccnc43)CC2)cc1. The molecule has 3 aliphatic carbocycles. The number of nitrogens with one attached hydrogen (secondary N) is 1. The van der Waals surface area contributed by atoms with Gasteiger partial charge in [-0.05, 0) is 168 Å². The molecule has 3 fully saturated rings. The van der Waals surface area contributed by atoms with Crippen LogP contribution in [0.25, 0.3) is 71.1 Å². The molecule has 0 radical (unpaired) electrons. The van der Waals surface area contributed by atoms with Gasteiger partial charge in [-0.15, -0.1) is 0 Å². The third-order valence-corrected chi connectivity index (χ3v) is 23.6. The lowest BCUT2D eigenvalue weighted by molar-refractivity contribution is -0.140. The van der Waals surface area contributed by atoms with Gasteiger partial charge in [0.2, 0.25) is 15.8 Å². The van der Waals surface area contributed by atoms with Crippen molar-refractivity contribution in [3.63, 3.8) is 0 Å². The van der Waals surface area contributed by atoms with Crippen LogP contribution in [0.2, 0.25) is 15.1 Å². The van der Waals surface area contributed by atoms with Gasteiger partial charge in [-0.1, -0.05) is 98.7 Å². The minimum Gasteiger partial charge on any atom is -0.418 e. The van der Waals surface area contributed by atoms with Crippen molar-refractivity contribution >= 4 is 103 Å². The van der Waals surface area contributed by atoms with Gasteiger partial charge in [-0.3, -0.25) is 29.7 Å². The molecule has 118 heavy (non-hydrogen) atoms. The summed E-state index contributed by atoms with van der Waals surface area (Å²) >= 11 is 19.6. The fourth-order valence-electron chi connectivity index (χ4n) is 16.0. The van der Waals surface area contributed by atoms with E-state index in [1.165, 1.54) is 24.4 Å². The minimum absolute atomic E-state index is 0.181. The average molecular weight is 1670 g/mol. The maximum Gasteiger partial charge on any atom is 0.412 e. The van der Waals surface area contributed by atoms with Crippen LogP contribution in [-0.2, 0) is 35.9 Å². The van der Waals surface area contributed by atoms with Gasteiger partial charge in [-0.25, -0.2) is 37.8 Å². The highest BCUT2D eigenvalue weighted by Gasteiger charge is 2.41. The fourth-order valence-corrected chi connectivity index (χ4v) is 17.3. The molecular formula is C82H81Cl3N26O6S. The molecule has 9 heterocycles. The van der Waals surface area contributed by atoms with Crippen LogP contribution in [0.4, 0.5) is 21.0 Å². The van der Waals surface area contributed by atoms with Gasteiger partial charge in [0.25, 0.3) is 0 Å².